The van der Waals surface area contributed by atoms with Gasteiger partial charge in [-0.2, -0.15) is 5.10 Å². The summed E-state index contributed by atoms with van der Waals surface area (Å²) in [7, 11) is 0. The van der Waals surface area contributed by atoms with E-state index < -0.39 is 13.0 Å². The number of amides is 2. The molecule has 8 heteroatoms. The number of aliphatic hydroxyl groups is 1. The van der Waals surface area contributed by atoms with Crippen molar-refractivity contribution < 1.29 is 18.7 Å². The molecule has 0 saturated carbocycles. The fourth-order valence-corrected chi connectivity index (χ4v) is 2.63. The zero-order valence-electron chi connectivity index (χ0n) is 11.9. The van der Waals surface area contributed by atoms with Crippen LogP contribution in [0.4, 0.5) is 19.4 Å². The molecule has 0 radical (unpaired) electrons. The molecule has 0 aromatic carbocycles. The maximum atomic E-state index is 12.2. The number of carbonyl (C=O) groups is 1. The summed E-state index contributed by atoms with van der Waals surface area (Å²) in [5, 5.41) is 15.9. The van der Waals surface area contributed by atoms with Gasteiger partial charge in [-0.1, -0.05) is 6.92 Å². The lowest BCUT2D eigenvalue weighted by Crippen LogP contribution is -2.51. The first-order valence-corrected chi connectivity index (χ1v) is 7.01. The third-order valence-electron chi connectivity index (χ3n) is 3.76. The Morgan fingerprint density at radius 1 is 1.62 bits per heavy atom. The van der Waals surface area contributed by atoms with Crippen LogP contribution in [0.1, 0.15) is 19.8 Å². The second kappa shape index (κ2) is 6.84. The Morgan fingerprint density at radius 2 is 2.38 bits per heavy atom. The Bertz CT molecular complexity index is 480. The molecule has 0 bridgehead atoms. The standard InChI is InChI=1S/C13H20F2N4O2/c1-9-3-2-5-19(10(9)8-20)13(21)16-12-4-6-18(17-12)7-11(14)15/h4,6,9-11,20H,2-3,5,7-8H2,1H3,(H,16,17,21). The largest absolute Gasteiger partial charge is 0.394 e. The monoisotopic (exact) mass is 302 g/mol. The molecule has 2 atom stereocenters. The van der Waals surface area contributed by atoms with Crippen LogP contribution in [0.15, 0.2) is 12.3 Å². The third-order valence-corrected chi connectivity index (χ3v) is 3.76. The number of carbonyl (C=O) groups excluding carboxylic acids is 1. The van der Waals surface area contributed by atoms with Crippen molar-refractivity contribution in [2.75, 3.05) is 18.5 Å². The van der Waals surface area contributed by atoms with Crippen LogP contribution in [0.2, 0.25) is 0 Å². The average Bonchev–Trinajstić information content (AvgIpc) is 2.84. The van der Waals surface area contributed by atoms with Crippen molar-refractivity contribution in [3.8, 4) is 0 Å². The zero-order valence-corrected chi connectivity index (χ0v) is 11.9. The van der Waals surface area contributed by atoms with Crippen molar-refractivity contribution in [1.82, 2.24) is 14.7 Å². The van der Waals surface area contributed by atoms with Crippen LogP contribution in [-0.2, 0) is 6.54 Å². The van der Waals surface area contributed by atoms with Gasteiger partial charge in [-0.15, -0.1) is 0 Å². The lowest BCUT2D eigenvalue weighted by Gasteiger charge is -2.38. The number of piperidine rings is 1. The van der Waals surface area contributed by atoms with E-state index in [1.165, 1.54) is 12.3 Å². The summed E-state index contributed by atoms with van der Waals surface area (Å²) in [5.41, 5.74) is 0. The van der Waals surface area contributed by atoms with Crippen LogP contribution in [-0.4, -0.2) is 51.4 Å². The molecule has 2 unspecified atom stereocenters. The SMILES string of the molecule is CC1CCCN(C(=O)Nc2ccn(CC(F)F)n2)C1CO. The maximum Gasteiger partial charge on any atom is 0.323 e. The van der Waals surface area contributed by atoms with E-state index in [0.717, 1.165) is 17.5 Å². The van der Waals surface area contributed by atoms with E-state index in [2.05, 4.69) is 10.4 Å². The number of urea groups is 1. The number of anilines is 1. The van der Waals surface area contributed by atoms with Gasteiger partial charge in [0.1, 0.15) is 6.54 Å². The van der Waals surface area contributed by atoms with Gasteiger partial charge in [0.25, 0.3) is 6.43 Å². The minimum atomic E-state index is -2.49. The molecule has 2 N–H and O–H groups in total. The topological polar surface area (TPSA) is 70.4 Å². The summed E-state index contributed by atoms with van der Waals surface area (Å²) >= 11 is 0. The highest BCUT2D eigenvalue weighted by atomic mass is 19.3. The summed E-state index contributed by atoms with van der Waals surface area (Å²) in [6, 6.07) is 0.895. The van der Waals surface area contributed by atoms with Gasteiger partial charge in [0, 0.05) is 18.8 Å². The molecule has 1 saturated heterocycles. The Hall–Kier alpha value is -1.70. The molecule has 21 heavy (non-hydrogen) atoms. The number of halogens is 2. The summed E-state index contributed by atoms with van der Waals surface area (Å²) < 4.78 is 25.6. The molecule has 1 aromatic rings. The first-order valence-electron chi connectivity index (χ1n) is 7.01. The molecule has 118 valence electrons. The molecule has 2 rings (SSSR count). The van der Waals surface area contributed by atoms with Crippen LogP contribution < -0.4 is 5.32 Å². The molecular formula is C13H20F2N4O2. The highest BCUT2D eigenvalue weighted by Crippen LogP contribution is 2.23. The van der Waals surface area contributed by atoms with Gasteiger partial charge in [0.2, 0.25) is 0 Å². The molecular weight excluding hydrogens is 282 g/mol. The molecule has 2 amide bonds. The average molecular weight is 302 g/mol. The van der Waals surface area contributed by atoms with Crippen molar-refractivity contribution in [2.45, 2.75) is 38.8 Å². The van der Waals surface area contributed by atoms with Crippen molar-refractivity contribution in [2.24, 2.45) is 5.92 Å². The Labute approximate surface area is 121 Å². The Kier molecular flexibility index (Phi) is 5.11. The molecule has 1 aliphatic heterocycles. The van der Waals surface area contributed by atoms with Crippen molar-refractivity contribution in [3.05, 3.63) is 12.3 Å². The smallest absolute Gasteiger partial charge is 0.323 e. The molecule has 0 aliphatic carbocycles. The summed E-state index contributed by atoms with van der Waals surface area (Å²) in [5.74, 6) is 0.460. The van der Waals surface area contributed by atoms with E-state index in [0.29, 0.717) is 6.54 Å². The van der Waals surface area contributed by atoms with E-state index in [1.54, 1.807) is 4.90 Å². The fraction of sp³-hybridized carbons (Fsp3) is 0.692. The van der Waals surface area contributed by atoms with Crippen molar-refractivity contribution >= 4 is 11.8 Å². The molecule has 2 heterocycles. The highest BCUT2D eigenvalue weighted by Gasteiger charge is 2.31. The number of alkyl halides is 2. The maximum absolute atomic E-state index is 12.2. The first-order chi connectivity index (χ1) is 10.0. The molecule has 6 nitrogen and oxygen atoms in total. The molecule has 1 fully saturated rings. The predicted molar refractivity (Wildman–Crippen MR) is 73.2 cm³/mol. The number of rotatable bonds is 4. The number of aliphatic hydroxyl groups excluding tert-OH is 1. The highest BCUT2D eigenvalue weighted by molar-refractivity contribution is 5.88. The minimum Gasteiger partial charge on any atom is -0.394 e. The number of likely N-dealkylation sites (tertiary alicyclic amines) is 1. The van der Waals surface area contributed by atoms with Gasteiger partial charge >= 0.3 is 6.03 Å². The Balaban J connectivity index is 1.98. The van der Waals surface area contributed by atoms with Crippen LogP contribution >= 0.6 is 0 Å². The number of nitrogens with zero attached hydrogens (tertiary/aromatic N) is 3. The second-order valence-electron chi connectivity index (χ2n) is 5.31. The fourth-order valence-electron chi connectivity index (χ4n) is 2.63. The molecule has 1 aromatic heterocycles. The predicted octanol–water partition coefficient (Wildman–Crippen LogP) is 1.77. The quantitative estimate of drug-likeness (QED) is 0.890. The van der Waals surface area contributed by atoms with Gasteiger partial charge in [-0.25, -0.2) is 13.6 Å². The van der Waals surface area contributed by atoms with Crippen LogP contribution in [0.5, 0.6) is 0 Å². The van der Waals surface area contributed by atoms with Gasteiger partial charge in [0.05, 0.1) is 12.6 Å². The van der Waals surface area contributed by atoms with Gasteiger partial charge in [-0.3, -0.25) is 10.00 Å². The summed E-state index contributed by atoms with van der Waals surface area (Å²) in [6.07, 6.45) is 0.753. The van der Waals surface area contributed by atoms with Crippen LogP contribution in [0.3, 0.4) is 0 Å². The van der Waals surface area contributed by atoms with Gasteiger partial charge in [0.15, 0.2) is 5.82 Å². The zero-order chi connectivity index (χ0) is 15.4. The van der Waals surface area contributed by atoms with E-state index >= 15 is 0 Å². The van der Waals surface area contributed by atoms with E-state index in [1.807, 2.05) is 6.92 Å². The second-order valence-corrected chi connectivity index (χ2v) is 5.31. The number of hydrogen-bond donors (Lipinski definition) is 2. The lowest BCUT2D eigenvalue weighted by molar-refractivity contribution is 0.0811. The van der Waals surface area contributed by atoms with Gasteiger partial charge in [-0.05, 0) is 18.8 Å². The van der Waals surface area contributed by atoms with E-state index in [-0.39, 0.29) is 30.4 Å². The summed E-state index contributed by atoms with van der Waals surface area (Å²) in [6.45, 7) is 1.97. The van der Waals surface area contributed by atoms with Crippen LogP contribution in [0.25, 0.3) is 0 Å². The first kappa shape index (κ1) is 15.7. The van der Waals surface area contributed by atoms with Gasteiger partial charge < -0.3 is 10.0 Å². The Morgan fingerprint density at radius 3 is 3.05 bits per heavy atom. The van der Waals surface area contributed by atoms with Crippen molar-refractivity contribution in [1.29, 1.82) is 0 Å². The number of hydrogen-bond acceptors (Lipinski definition) is 3. The molecule has 0 spiro atoms. The minimum absolute atomic E-state index is 0.0889. The van der Waals surface area contributed by atoms with Crippen LogP contribution in [0, 0.1) is 5.92 Å². The number of nitrogens with one attached hydrogen (secondary N) is 1. The van der Waals surface area contributed by atoms with E-state index in [9.17, 15) is 18.7 Å². The third kappa shape index (κ3) is 3.90. The summed E-state index contributed by atoms with van der Waals surface area (Å²) in [4.78, 5) is 13.8. The number of aromatic nitrogens is 2. The molecule has 1 aliphatic rings. The van der Waals surface area contributed by atoms with E-state index in [4.69, 9.17) is 0 Å². The lowest BCUT2D eigenvalue weighted by atomic mass is 9.91. The van der Waals surface area contributed by atoms with Crippen molar-refractivity contribution in [3.63, 3.8) is 0 Å². The normalized spacial score (nSPS) is 22.6.